The van der Waals surface area contributed by atoms with Gasteiger partial charge in [0.05, 0.1) is 12.8 Å². The smallest absolute Gasteiger partial charge is 0.243 e. The van der Waals surface area contributed by atoms with E-state index in [0.717, 1.165) is 28.1 Å². The van der Waals surface area contributed by atoms with E-state index in [9.17, 15) is 9.59 Å². The van der Waals surface area contributed by atoms with Gasteiger partial charge in [-0.25, -0.2) is 0 Å². The Morgan fingerprint density at radius 2 is 1.83 bits per heavy atom. The molecule has 2 aromatic rings. The van der Waals surface area contributed by atoms with Crippen molar-refractivity contribution in [2.45, 2.75) is 33.6 Å². The van der Waals surface area contributed by atoms with Crippen LogP contribution in [0.2, 0.25) is 0 Å². The number of benzene rings is 1. The maximum Gasteiger partial charge on any atom is 0.243 e. The van der Waals surface area contributed by atoms with Gasteiger partial charge in [-0.2, -0.15) is 0 Å². The minimum Gasteiger partial charge on any atom is -0.469 e. The number of carbonyl (C=O) groups excluding carboxylic acids is 2. The molecule has 1 N–H and O–H groups in total. The average Bonchev–Trinajstić information content (AvgIpc) is 3.01. The minimum atomic E-state index is -0.195. The molecule has 2 rings (SSSR count). The first kappa shape index (κ1) is 17.8. The third kappa shape index (κ3) is 4.72. The average molecular weight is 328 g/mol. The summed E-state index contributed by atoms with van der Waals surface area (Å²) in [4.78, 5) is 25.8. The van der Waals surface area contributed by atoms with Gasteiger partial charge in [-0.3, -0.25) is 9.59 Å². The number of amides is 2. The third-order valence-corrected chi connectivity index (χ3v) is 3.91. The number of rotatable bonds is 6. The molecule has 5 heteroatoms. The van der Waals surface area contributed by atoms with E-state index in [-0.39, 0.29) is 18.4 Å². The normalized spacial score (nSPS) is 10.5. The molecule has 1 heterocycles. The summed E-state index contributed by atoms with van der Waals surface area (Å²) in [6.45, 7) is 5.99. The fourth-order valence-electron chi connectivity index (χ4n) is 2.74. The molecular weight excluding hydrogens is 304 g/mol. The predicted octanol–water partition coefficient (Wildman–Crippen LogP) is 3.23. The van der Waals surface area contributed by atoms with Crippen molar-refractivity contribution in [2.75, 3.05) is 18.9 Å². The lowest BCUT2D eigenvalue weighted by Crippen LogP contribution is -2.35. The molecule has 0 saturated heterocycles. The highest BCUT2D eigenvalue weighted by atomic mass is 16.3. The summed E-state index contributed by atoms with van der Waals surface area (Å²) in [5.74, 6) is 0.491. The zero-order valence-electron chi connectivity index (χ0n) is 14.7. The van der Waals surface area contributed by atoms with Crippen molar-refractivity contribution < 1.29 is 14.0 Å². The highest BCUT2D eigenvalue weighted by molar-refractivity contribution is 5.95. The second kappa shape index (κ2) is 7.81. The molecule has 0 radical (unpaired) electrons. The second-order valence-corrected chi connectivity index (χ2v) is 6.15. The molecule has 2 amide bonds. The molecule has 1 aromatic carbocycles. The molecule has 0 spiro atoms. The van der Waals surface area contributed by atoms with Crippen LogP contribution in [-0.2, 0) is 16.0 Å². The Bertz CT molecular complexity index is 697. The van der Waals surface area contributed by atoms with E-state index >= 15 is 0 Å². The van der Waals surface area contributed by atoms with Gasteiger partial charge in [-0.1, -0.05) is 17.7 Å². The van der Waals surface area contributed by atoms with Gasteiger partial charge in [-0.15, -0.1) is 0 Å². The van der Waals surface area contributed by atoms with Gasteiger partial charge < -0.3 is 14.6 Å². The van der Waals surface area contributed by atoms with Crippen LogP contribution in [0.4, 0.5) is 5.69 Å². The fraction of sp³-hybridized carbons (Fsp3) is 0.368. The fourth-order valence-corrected chi connectivity index (χ4v) is 2.74. The lowest BCUT2D eigenvalue weighted by Gasteiger charge is -2.18. The molecule has 0 aliphatic rings. The predicted molar refractivity (Wildman–Crippen MR) is 93.9 cm³/mol. The maximum absolute atomic E-state index is 12.2. The summed E-state index contributed by atoms with van der Waals surface area (Å²) in [7, 11) is 1.64. The number of aryl methyl sites for hydroxylation is 4. The van der Waals surface area contributed by atoms with Crippen molar-refractivity contribution in [3.05, 3.63) is 53.0 Å². The minimum absolute atomic E-state index is 0.0315. The van der Waals surface area contributed by atoms with Crippen LogP contribution in [-0.4, -0.2) is 30.3 Å². The van der Waals surface area contributed by atoms with E-state index in [1.807, 2.05) is 39.0 Å². The molecule has 0 aliphatic heterocycles. The van der Waals surface area contributed by atoms with Gasteiger partial charge in [0.15, 0.2) is 0 Å². The molecule has 0 saturated carbocycles. The summed E-state index contributed by atoms with van der Waals surface area (Å²) in [5.41, 5.74) is 4.02. The van der Waals surface area contributed by atoms with Crippen molar-refractivity contribution in [1.82, 2.24) is 4.90 Å². The van der Waals surface area contributed by atoms with Crippen LogP contribution in [0.3, 0.4) is 0 Å². The van der Waals surface area contributed by atoms with E-state index in [1.165, 1.54) is 4.90 Å². The molecule has 1 aromatic heterocycles. The van der Waals surface area contributed by atoms with Gasteiger partial charge in [0.2, 0.25) is 11.8 Å². The molecule has 24 heavy (non-hydrogen) atoms. The summed E-state index contributed by atoms with van der Waals surface area (Å²) >= 11 is 0. The van der Waals surface area contributed by atoms with Crippen LogP contribution >= 0.6 is 0 Å². The van der Waals surface area contributed by atoms with Crippen molar-refractivity contribution in [2.24, 2.45) is 0 Å². The Labute approximate surface area is 142 Å². The molecule has 5 nitrogen and oxygen atoms in total. The molecule has 128 valence electrons. The largest absolute Gasteiger partial charge is 0.469 e. The highest BCUT2D eigenvalue weighted by Gasteiger charge is 2.15. The van der Waals surface area contributed by atoms with Crippen LogP contribution in [0.15, 0.2) is 34.9 Å². The third-order valence-electron chi connectivity index (χ3n) is 3.91. The van der Waals surface area contributed by atoms with Crippen LogP contribution in [0.25, 0.3) is 0 Å². The second-order valence-electron chi connectivity index (χ2n) is 6.15. The molecular formula is C19H24N2O3. The molecule has 0 bridgehead atoms. The van der Waals surface area contributed by atoms with Crippen LogP contribution in [0, 0.1) is 20.8 Å². The maximum atomic E-state index is 12.2. The zero-order chi connectivity index (χ0) is 17.7. The van der Waals surface area contributed by atoms with Gasteiger partial charge in [0.25, 0.3) is 0 Å². The van der Waals surface area contributed by atoms with Crippen molar-refractivity contribution in [1.29, 1.82) is 0 Å². The van der Waals surface area contributed by atoms with Crippen LogP contribution < -0.4 is 5.32 Å². The molecule has 0 fully saturated rings. The number of hydrogen-bond acceptors (Lipinski definition) is 3. The number of likely N-dealkylation sites (N-methyl/N-ethyl adjacent to an activating group) is 1. The van der Waals surface area contributed by atoms with Crippen LogP contribution in [0.1, 0.15) is 28.9 Å². The Hall–Kier alpha value is -2.56. The quantitative estimate of drug-likeness (QED) is 0.885. The SMILES string of the molecule is Cc1cc(C)c(NC(=O)CN(C)C(=O)CCc2ccco2)c(C)c1. The number of carbonyl (C=O) groups is 2. The molecule has 0 atom stereocenters. The molecule has 0 unspecified atom stereocenters. The number of anilines is 1. The van der Waals surface area contributed by atoms with Gasteiger partial charge in [0, 0.05) is 25.6 Å². The van der Waals surface area contributed by atoms with E-state index in [1.54, 1.807) is 19.4 Å². The Balaban J connectivity index is 1.88. The lowest BCUT2D eigenvalue weighted by atomic mass is 10.1. The Kier molecular flexibility index (Phi) is 5.79. The van der Waals surface area contributed by atoms with E-state index in [0.29, 0.717) is 12.8 Å². The van der Waals surface area contributed by atoms with E-state index < -0.39 is 0 Å². The number of nitrogens with zero attached hydrogens (tertiary/aromatic N) is 1. The zero-order valence-corrected chi connectivity index (χ0v) is 14.7. The Morgan fingerprint density at radius 1 is 1.17 bits per heavy atom. The summed E-state index contributed by atoms with van der Waals surface area (Å²) < 4.78 is 5.21. The van der Waals surface area contributed by atoms with Crippen molar-refractivity contribution >= 4 is 17.5 Å². The first-order valence-electron chi connectivity index (χ1n) is 8.01. The number of nitrogens with one attached hydrogen (secondary N) is 1. The summed E-state index contributed by atoms with van der Waals surface area (Å²) in [6, 6.07) is 7.69. The van der Waals surface area contributed by atoms with Crippen LogP contribution in [0.5, 0.6) is 0 Å². The lowest BCUT2D eigenvalue weighted by molar-refractivity contribution is -0.133. The monoisotopic (exact) mass is 328 g/mol. The van der Waals surface area contributed by atoms with Crippen molar-refractivity contribution in [3.63, 3.8) is 0 Å². The Morgan fingerprint density at radius 3 is 2.42 bits per heavy atom. The van der Waals surface area contributed by atoms with E-state index in [4.69, 9.17) is 4.42 Å². The molecule has 0 aliphatic carbocycles. The van der Waals surface area contributed by atoms with Gasteiger partial charge in [-0.05, 0) is 44.0 Å². The van der Waals surface area contributed by atoms with Gasteiger partial charge >= 0.3 is 0 Å². The first-order chi connectivity index (χ1) is 11.4. The summed E-state index contributed by atoms with van der Waals surface area (Å²) in [6.07, 6.45) is 2.44. The highest BCUT2D eigenvalue weighted by Crippen LogP contribution is 2.21. The van der Waals surface area contributed by atoms with E-state index in [2.05, 4.69) is 5.32 Å². The standard InChI is InChI=1S/C19H24N2O3/c1-13-10-14(2)19(15(3)11-13)20-17(22)12-21(4)18(23)8-7-16-6-5-9-24-16/h5-6,9-11H,7-8,12H2,1-4H3,(H,20,22). The number of hydrogen-bond donors (Lipinski definition) is 1. The first-order valence-corrected chi connectivity index (χ1v) is 8.01. The summed E-state index contributed by atoms with van der Waals surface area (Å²) in [5, 5.41) is 2.91. The van der Waals surface area contributed by atoms with Gasteiger partial charge in [0.1, 0.15) is 5.76 Å². The van der Waals surface area contributed by atoms with Crippen molar-refractivity contribution in [3.8, 4) is 0 Å². The topological polar surface area (TPSA) is 62.6 Å². The number of furan rings is 1.